The predicted molar refractivity (Wildman–Crippen MR) is 72.2 cm³/mol. The maximum Gasteiger partial charge on any atom is 0.328 e. The van der Waals surface area contributed by atoms with Crippen molar-refractivity contribution in [2.45, 2.75) is 0 Å². The Morgan fingerprint density at radius 3 is 2.90 bits per heavy atom. The Labute approximate surface area is 116 Å². The van der Waals surface area contributed by atoms with E-state index >= 15 is 0 Å². The predicted octanol–water partition coefficient (Wildman–Crippen LogP) is 0.781. The van der Waals surface area contributed by atoms with Gasteiger partial charge in [-0.2, -0.15) is 0 Å². The van der Waals surface area contributed by atoms with Gasteiger partial charge in [-0.3, -0.25) is 4.79 Å². The van der Waals surface area contributed by atoms with Crippen LogP contribution in [0.2, 0.25) is 0 Å². The van der Waals surface area contributed by atoms with E-state index < -0.39 is 5.97 Å². The smallest absolute Gasteiger partial charge is 0.328 e. The molecule has 1 heterocycles. The summed E-state index contributed by atoms with van der Waals surface area (Å²) < 4.78 is 9.84. The number of hydrogen-bond acceptors (Lipinski definition) is 5. The Kier molecular flexibility index (Phi) is 6.94. The number of anilines is 1. The number of hydrogen-bond donors (Lipinski definition) is 2. The van der Waals surface area contributed by atoms with E-state index in [1.807, 2.05) is 0 Å². The van der Waals surface area contributed by atoms with E-state index in [9.17, 15) is 9.59 Å². The first kappa shape index (κ1) is 15.8. The van der Waals surface area contributed by atoms with Crippen molar-refractivity contribution in [3.05, 3.63) is 30.0 Å². The molecule has 0 aliphatic carbocycles. The highest BCUT2D eigenvalue weighted by atomic mass is 16.5. The monoisotopic (exact) mass is 280 g/mol. The molecule has 0 saturated carbocycles. The van der Waals surface area contributed by atoms with Crippen LogP contribution in [0, 0.1) is 0 Å². The van der Waals surface area contributed by atoms with Crippen LogP contribution in [0.1, 0.15) is 5.69 Å². The van der Waals surface area contributed by atoms with Crippen molar-refractivity contribution in [3.8, 4) is 0 Å². The Bertz CT molecular complexity index is 487. The van der Waals surface area contributed by atoms with Crippen molar-refractivity contribution in [2.75, 3.05) is 32.2 Å². The van der Waals surface area contributed by atoms with Gasteiger partial charge < -0.3 is 19.9 Å². The van der Waals surface area contributed by atoms with E-state index in [0.29, 0.717) is 24.7 Å². The molecule has 7 nitrogen and oxygen atoms in total. The van der Waals surface area contributed by atoms with E-state index in [0.717, 1.165) is 6.08 Å². The van der Waals surface area contributed by atoms with Gasteiger partial charge in [-0.05, 0) is 18.2 Å². The van der Waals surface area contributed by atoms with Gasteiger partial charge in [0.2, 0.25) is 0 Å². The fourth-order valence-corrected chi connectivity index (χ4v) is 1.26. The molecule has 1 aromatic rings. The number of rotatable bonds is 8. The molecule has 0 fully saturated rings. The largest absolute Gasteiger partial charge is 0.478 e. The molecule has 0 radical (unpaired) electrons. The lowest BCUT2D eigenvalue weighted by atomic mass is 10.3. The topological polar surface area (TPSA) is 97.8 Å². The third-order valence-electron chi connectivity index (χ3n) is 2.10. The average molecular weight is 280 g/mol. The Morgan fingerprint density at radius 1 is 1.40 bits per heavy atom. The number of methoxy groups -OCH3 is 1. The highest BCUT2D eigenvalue weighted by Crippen LogP contribution is 2.06. The van der Waals surface area contributed by atoms with Crippen LogP contribution in [0.3, 0.4) is 0 Å². The van der Waals surface area contributed by atoms with Crippen LogP contribution in [0.15, 0.2) is 24.3 Å². The number of carbonyl (C=O) groups excluding carboxylic acids is 1. The molecule has 0 aliphatic rings. The normalized spacial score (nSPS) is 10.7. The molecule has 108 valence electrons. The minimum Gasteiger partial charge on any atom is -0.478 e. The van der Waals surface area contributed by atoms with E-state index in [2.05, 4.69) is 10.3 Å². The van der Waals surface area contributed by atoms with Crippen LogP contribution < -0.4 is 5.32 Å². The first-order valence-corrected chi connectivity index (χ1v) is 5.86. The second-order valence-electron chi connectivity index (χ2n) is 3.71. The van der Waals surface area contributed by atoms with Crippen molar-refractivity contribution in [2.24, 2.45) is 0 Å². The molecule has 20 heavy (non-hydrogen) atoms. The zero-order chi connectivity index (χ0) is 14.8. The highest BCUT2D eigenvalue weighted by molar-refractivity contribution is 5.91. The fourth-order valence-electron chi connectivity index (χ4n) is 1.26. The van der Waals surface area contributed by atoms with E-state index in [1.165, 1.54) is 6.08 Å². The molecular weight excluding hydrogens is 264 g/mol. The standard InChI is InChI=1S/C13H16N2O5/c1-19-7-8-20-9-12(16)15-11-4-2-3-10(14-11)5-6-13(17)18/h2-6H,7-9H2,1H3,(H,17,18)(H,14,15,16)/b6-5+. The van der Waals surface area contributed by atoms with Crippen LogP contribution in [0.4, 0.5) is 5.82 Å². The quantitative estimate of drug-likeness (QED) is 0.539. The summed E-state index contributed by atoms with van der Waals surface area (Å²) in [7, 11) is 1.55. The molecule has 0 unspecified atom stereocenters. The van der Waals surface area contributed by atoms with Crippen molar-refractivity contribution in [1.29, 1.82) is 0 Å². The first-order chi connectivity index (χ1) is 9.61. The minimum atomic E-state index is -1.06. The molecule has 1 rings (SSSR count). The van der Waals surface area contributed by atoms with Crippen LogP contribution in [0.25, 0.3) is 6.08 Å². The van der Waals surface area contributed by atoms with Crippen LogP contribution in [-0.2, 0) is 19.1 Å². The summed E-state index contributed by atoms with van der Waals surface area (Å²) in [6.07, 6.45) is 2.31. The minimum absolute atomic E-state index is 0.0970. The molecule has 1 amide bonds. The maximum atomic E-state index is 11.5. The highest BCUT2D eigenvalue weighted by Gasteiger charge is 2.03. The number of aromatic nitrogens is 1. The number of aliphatic carboxylic acids is 1. The van der Waals surface area contributed by atoms with Gasteiger partial charge in [-0.25, -0.2) is 9.78 Å². The van der Waals surface area contributed by atoms with E-state index in [1.54, 1.807) is 25.3 Å². The molecule has 1 aromatic heterocycles. The lowest BCUT2D eigenvalue weighted by Gasteiger charge is -2.05. The third kappa shape index (κ3) is 6.62. The third-order valence-corrected chi connectivity index (χ3v) is 2.10. The van der Waals surface area contributed by atoms with Gasteiger partial charge in [-0.1, -0.05) is 6.07 Å². The van der Waals surface area contributed by atoms with Gasteiger partial charge in [0.25, 0.3) is 5.91 Å². The summed E-state index contributed by atoms with van der Waals surface area (Å²) in [5.41, 5.74) is 0.436. The number of carboxylic acids is 1. The summed E-state index contributed by atoms with van der Waals surface area (Å²) in [5.74, 6) is -1.07. The summed E-state index contributed by atoms with van der Waals surface area (Å²) in [5, 5.41) is 11.1. The van der Waals surface area contributed by atoms with Gasteiger partial charge in [0.15, 0.2) is 0 Å². The van der Waals surface area contributed by atoms with Gasteiger partial charge in [-0.15, -0.1) is 0 Å². The van der Waals surface area contributed by atoms with Gasteiger partial charge in [0, 0.05) is 13.2 Å². The summed E-state index contributed by atoms with van der Waals surface area (Å²) in [6.45, 7) is 0.653. The number of nitrogens with one attached hydrogen (secondary N) is 1. The molecule has 0 saturated heterocycles. The summed E-state index contributed by atoms with van der Waals surface area (Å²) in [4.78, 5) is 26.0. The number of carbonyl (C=O) groups is 2. The van der Waals surface area contributed by atoms with Crippen LogP contribution in [0.5, 0.6) is 0 Å². The fraction of sp³-hybridized carbons (Fsp3) is 0.308. The molecule has 0 bridgehead atoms. The number of pyridine rings is 1. The molecule has 2 N–H and O–H groups in total. The molecule has 0 spiro atoms. The number of ether oxygens (including phenoxy) is 2. The maximum absolute atomic E-state index is 11.5. The first-order valence-electron chi connectivity index (χ1n) is 5.86. The summed E-state index contributed by atoms with van der Waals surface area (Å²) in [6, 6.07) is 4.89. The molecule has 0 aliphatic heterocycles. The van der Waals surface area contributed by atoms with E-state index in [-0.39, 0.29) is 12.5 Å². The molecule has 0 atom stereocenters. The lowest BCUT2D eigenvalue weighted by Crippen LogP contribution is -2.20. The van der Waals surface area contributed by atoms with E-state index in [4.69, 9.17) is 14.6 Å². The number of nitrogens with zero attached hydrogens (tertiary/aromatic N) is 1. The molecule has 0 aromatic carbocycles. The van der Waals surface area contributed by atoms with Crippen LogP contribution in [-0.4, -0.2) is 48.9 Å². The Morgan fingerprint density at radius 2 is 2.20 bits per heavy atom. The second-order valence-corrected chi connectivity index (χ2v) is 3.71. The van der Waals surface area contributed by atoms with Gasteiger partial charge in [0.1, 0.15) is 12.4 Å². The van der Waals surface area contributed by atoms with Crippen LogP contribution >= 0.6 is 0 Å². The SMILES string of the molecule is COCCOCC(=O)Nc1cccc(/C=C/C(=O)O)n1. The van der Waals surface area contributed by atoms with Crippen molar-refractivity contribution < 1.29 is 24.2 Å². The zero-order valence-corrected chi connectivity index (χ0v) is 11.0. The van der Waals surface area contributed by atoms with Crippen molar-refractivity contribution in [1.82, 2.24) is 4.98 Å². The molecular formula is C13H16N2O5. The zero-order valence-electron chi connectivity index (χ0n) is 11.0. The second kappa shape index (κ2) is 8.78. The average Bonchev–Trinajstić information content (AvgIpc) is 2.42. The Balaban J connectivity index is 2.49. The van der Waals surface area contributed by atoms with Gasteiger partial charge >= 0.3 is 5.97 Å². The molecule has 7 heteroatoms. The Hall–Kier alpha value is -2.25. The van der Waals surface area contributed by atoms with Crippen molar-refractivity contribution >= 4 is 23.8 Å². The lowest BCUT2D eigenvalue weighted by molar-refractivity contribution is -0.131. The summed E-state index contributed by atoms with van der Waals surface area (Å²) >= 11 is 0. The van der Waals surface area contributed by atoms with Gasteiger partial charge in [0.05, 0.1) is 18.9 Å². The number of amides is 1. The number of carboxylic acid groups (broad SMARTS) is 1. The van der Waals surface area contributed by atoms with Crippen molar-refractivity contribution in [3.63, 3.8) is 0 Å².